The molecule has 0 saturated carbocycles. The average Bonchev–Trinajstić information content (AvgIpc) is 3.55. The number of aromatic nitrogens is 3. The van der Waals surface area contributed by atoms with E-state index in [1.165, 1.54) is 24.4 Å². The monoisotopic (exact) mass is 632 g/mol. The fourth-order valence-corrected chi connectivity index (χ4v) is 8.34. The number of phenolic OH excluding ortho intramolecular Hbond substituents is 1. The van der Waals surface area contributed by atoms with Crippen molar-refractivity contribution in [1.82, 2.24) is 25.2 Å². The topological polar surface area (TPSA) is 104 Å². The lowest BCUT2D eigenvalue weighted by atomic mass is 9.80. The number of aromatic hydroxyl groups is 1. The molecule has 4 aliphatic heterocycles. The third-order valence-corrected chi connectivity index (χ3v) is 10.4. The minimum absolute atomic E-state index is 0.0000936. The van der Waals surface area contributed by atoms with Crippen LogP contribution in [-0.2, 0) is 11.2 Å². The van der Waals surface area contributed by atoms with Gasteiger partial charge >= 0.3 is 6.01 Å². The Bertz CT molecular complexity index is 1900. The van der Waals surface area contributed by atoms with Gasteiger partial charge in [0.25, 0.3) is 0 Å². The highest BCUT2D eigenvalue weighted by molar-refractivity contribution is 6.01. The minimum Gasteiger partial charge on any atom is -0.508 e. The van der Waals surface area contributed by atoms with E-state index < -0.39 is 23.3 Å². The minimum atomic E-state index is -0.930. The lowest BCUT2D eigenvalue weighted by molar-refractivity contribution is -0.133. The number of anilines is 1. The van der Waals surface area contributed by atoms with Crippen LogP contribution in [0.4, 0.5) is 19.0 Å². The molecule has 2 aromatic heterocycles. The number of rotatable bonds is 6. The first-order chi connectivity index (χ1) is 22.2. The molecule has 46 heavy (non-hydrogen) atoms. The maximum atomic E-state index is 16.8. The molecule has 2 N–H and O–H groups in total. The second kappa shape index (κ2) is 10.7. The van der Waals surface area contributed by atoms with E-state index in [1.807, 2.05) is 11.8 Å². The summed E-state index contributed by atoms with van der Waals surface area (Å²) in [7, 11) is 0. The highest BCUT2D eigenvalue weighted by atomic mass is 19.1. The zero-order valence-electron chi connectivity index (χ0n) is 25.6. The fraction of sp³-hybridized carbons (Fsp3) is 0.471. The molecule has 0 unspecified atom stereocenters. The molecule has 0 bridgehead atoms. The molecule has 4 fully saturated rings. The van der Waals surface area contributed by atoms with Crippen LogP contribution in [0, 0.1) is 11.6 Å². The Morgan fingerprint density at radius 2 is 1.98 bits per heavy atom. The van der Waals surface area contributed by atoms with Crippen LogP contribution in [0.3, 0.4) is 0 Å². The molecule has 4 saturated heterocycles. The Morgan fingerprint density at radius 1 is 1.15 bits per heavy atom. The van der Waals surface area contributed by atoms with Crippen molar-refractivity contribution in [2.24, 2.45) is 0 Å². The number of aryl methyl sites for hydroxylation is 1. The third-order valence-electron chi connectivity index (χ3n) is 10.4. The zero-order valence-corrected chi connectivity index (χ0v) is 25.6. The number of pyridine rings is 1. The molecule has 0 radical (unpaired) electrons. The van der Waals surface area contributed by atoms with Crippen LogP contribution in [0.2, 0.25) is 0 Å². The second-order valence-electron chi connectivity index (χ2n) is 13.4. The Labute approximate surface area is 263 Å². The summed E-state index contributed by atoms with van der Waals surface area (Å²) in [6, 6.07) is 5.78. The molecule has 1 amide bonds. The first-order valence-electron chi connectivity index (χ1n) is 16.1. The smallest absolute Gasteiger partial charge is 0.319 e. The van der Waals surface area contributed by atoms with Crippen molar-refractivity contribution < 1.29 is 27.8 Å². The molecule has 12 heteroatoms. The van der Waals surface area contributed by atoms with Crippen molar-refractivity contribution in [1.29, 1.82) is 0 Å². The summed E-state index contributed by atoms with van der Waals surface area (Å²) in [5.74, 6) is -0.837. The molecule has 0 aliphatic carbocycles. The molecule has 4 aliphatic rings. The normalized spacial score (nSPS) is 26.1. The first-order valence-corrected chi connectivity index (χ1v) is 16.1. The number of nitrogens with one attached hydrogen (secondary N) is 1. The molecular weight excluding hydrogens is 597 g/mol. The number of benzene rings is 2. The second-order valence-corrected chi connectivity index (χ2v) is 13.4. The van der Waals surface area contributed by atoms with Gasteiger partial charge in [0.05, 0.1) is 22.9 Å². The number of alkyl halides is 1. The number of ether oxygens (including phenoxy) is 1. The van der Waals surface area contributed by atoms with Crippen LogP contribution >= 0.6 is 0 Å². The summed E-state index contributed by atoms with van der Waals surface area (Å²) < 4.78 is 52.5. The highest BCUT2D eigenvalue weighted by Crippen LogP contribution is 2.42. The summed E-state index contributed by atoms with van der Waals surface area (Å²) in [6.45, 7) is 4.29. The van der Waals surface area contributed by atoms with E-state index in [9.17, 15) is 18.7 Å². The SMILES string of the molecule is CCc1c(F)ccc2cc(O)cc(-c3ncc4c(N5CCC[C@]6(CC(=O)N6)C5)nc(OC[C@@]56CCCN5C[C@H](F)C6)nc4c3F)c12. The maximum absolute atomic E-state index is 16.8. The summed E-state index contributed by atoms with van der Waals surface area (Å²) in [6.07, 6.45) is 5.09. The van der Waals surface area contributed by atoms with Crippen LogP contribution in [0.1, 0.15) is 51.0 Å². The molecule has 8 rings (SSSR count). The molecule has 4 aromatic rings. The van der Waals surface area contributed by atoms with Crippen LogP contribution < -0.4 is 15.0 Å². The molecule has 2 aromatic carbocycles. The van der Waals surface area contributed by atoms with Gasteiger partial charge in [0.1, 0.15) is 41.4 Å². The number of hydrogen-bond acceptors (Lipinski definition) is 8. The number of halogens is 3. The Morgan fingerprint density at radius 3 is 2.78 bits per heavy atom. The summed E-state index contributed by atoms with van der Waals surface area (Å²) in [5.41, 5.74) is -0.282. The number of fused-ring (bicyclic) bond motifs is 3. The van der Waals surface area contributed by atoms with Crippen molar-refractivity contribution in [2.45, 2.75) is 69.1 Å². The summed E-state index contributed by atoms with van der Waals surface area (Å²) in [5, 5.41) is 15.0. The average molecular weight is 633 g/mol. The Balaban J connectivity index is 1.27. The van der Waals surface area contributed by atoms with Gasteiger partial charge in [0, 0.05) is 37.8 Å². The van der Waals surface area contributed by atoms with Crippen LogP contribution in [-0.4, -0.2) is 80.9 Å². The van der Waals surface area contributed by atoms with Crippen molar-refractivity contribution in [2.75, 3.05) is 37.7 Å². The number of amides is 1. The van der Waals surface area contributed by atoms with Crippen LogP contribution in [0.5, 0.6) is 11.8 Å². The van der Waals surface area contributed by atoms with E-state index in [0.29, 0.717) is 66.4 Å². The van der Waals surface area contributed by atoms with Crippen molar-refractivity contribution >= 4 is 33.4 Å². The van der Waals surface area contributed by atoms with Crippen molar-refractivity contribution in [3.8, 4) is 23.0 Å². The summed E-state index contributed by atoms with van der Waals surface area (Å²) >= 11 is 0. The number of carbonyl (C=O) groups is 1. The van der Waals surface area contributed by atoms with E-state index in [1.54, 1.807) is 6.07 Å². The first kappa shape index (κ1) is 29.2. The number of piperidine rings is 1. The van der Waals surface area contributed by atoms with Gasteiger partial charge in [-0.15, -0.1) is 0 Å². The van der Waals surface area contributed by atoms with Gasteiger partial charge in [0.15, 0.2) is 5.82 Å². The van der Waals surface area contributed by atoms with Gasteiger partial charge < -0.3 is 20.1 Å². The quantitative estimate of drug-likeness (QED) is 0.280. The molecule has 6 heterocycles. The number of carbonyl (C=O) groups excluding carboxylic acids is 1. The van der Waals surface area contributed by atoms with Gasteiger partial charge in [0.2, 0.25) is 5.91 Å². The largest absolute Gasteiger partial charge is 0.508 e. The standard InChI is InChI=1S/C34H35F3N6O3/c1-2-22-25(36)6-5-19-11-21(44)12-23(27(19)22)29-28(37)30-24(15-38-29)31(42-9-3-7-33(17-42)14-26(45)41-33)40-32(39-30)46-18-34-8-4-10-43(34)16-20(35)13-34/h5-6,11-12,15,20,44H,2-4,7-10,13-14,16-18H2,1H3,(H,41,45)/t20-,33+,34+/m1/s1. The van der Waals surface area contributed by atoms with Crippen LogP contribution in [0.15, 0.2) is 30.5 Å². The van der Waals surface area contributed by atoms with Gasteiger partial charge in [-0.1, -0.05) is 13.0 Å². The number of β-lactam (4-membered cyclic amide) rings is 1. The third kappa shape index (κ3) is 4.63. The lowest BCUT2D eigenvalue weighted by Gasteiger charge is -2.49. The number of nitrogens with zero attached hydrogens (tertiary/aromatic N) is 5. The summed E-state index contributed by atoms with van der Waals surface area (Å²) in [4.78, 5) is 29.9. The highest BCUT2D eigenvalue weighted by Gasteiger charge is 2.50. The molecular formula is C34H35F3N6O3. The Kier molecular flexibility index (Phi) is 6.79. The van der Waals surface area contributed by atoms with E-state index in [2.05, 4.69) is 20.2 Å². The van der Waals surface area contributed by atoms with E-state index in [4.69, 9.17) is 9.72 Å². The van der Waals surface area contributed by atoms with Gasteiger partial charge in [-0.25, -0.2) is 13.2 Å². The van der Waals surface area contributed by atoms with Crippen LogP contribution in [0.25, 0.3) is 32.9 Å². The molecule has 240 valence electrons. The lowest BCUT2D eigenvalue weighted by Crippen LogP contribution is -2.68. The predicted molar refractivity (Wildman–Crippen MR) is 167 cm³/mol. The predicted octanol–water partition coefficient (Wildman–Crippen LogP) is 5.21. The number of hydrogen-bond donors (Lipinski definition) is 2. The Hall–Kier alpha value is -4.19. The van der Waals surface area contributed by atoms with E-state index >= 15 is 4.39 Å². The maximum Gasteiger partial charge on any atom is 0.319 e. The van der Waals surface area contributed by atoms with Crippen molar-refractivity contribution in [3.05, 3.63) is 47.7 Å². The fourth-order valence-electron chi connectivity index (χ4n) is 8.34. The van der Waals surface area contributed by atoms with E-state index in [0.717, 1.165) is 32.2 Å². The van der Waals surface area contributed by atoms with Gasteiger partial charge in [-0.05, 0) is 73.2 Å². The molecule has 3 atom stereocenters. The van der Waals surface area contributed by atoms with Crippen molar-refractivity contribution in [3.63, 3.8) is 0 Å². The zero-order chi connectivity index (χ0) is 31.8. The van der Waals surface area contributed by atoms with E-state index in [-0.39, 0.29) is 46.6 Å². The van der Waals surface area contributed by atoms with Gasteiger partial charge in [-0.2, -0.15) is 9.97 Å². The molecule has 9 nitrogen and oxygen atoms in total. The van der Waals surface area contributed by atoms with Gasteiger partial charge in [-0.3, -0.25) is 14.7 Å². The number of phenols is 1. The molecule has 1 spiro atoms.